The van der Waals surface area contributed by atoms with Crippen LogP contribution in [-0.2, 0) is 4.79 Å². The van der Waals surface area contributed by atoms with Crippen molar-refractivity contribution in [2.24, 2.45) is 11.8 Å². The molecule has 2 N–H and O–H groups in total. The molecule has 0 spiro atoms. The molecule has 0 aliphatic carbocycles. The van der Waals surface area contributed by atoms with Crippen LogP contribution in [0.25, 0.3) is 0 Å². The molecule has 0 aliphatic heterocycles. The maximum Gasteiger partial charge on any atom is 0.323 e. The van der Waals surface area contributed by atoms with E-state index < -0.39 is 11.5 Å². The minimum Gasteiger partial charge on any atom is -0.480 e. The fraction of sp³-hybridized carbons (Fsp3) is 0.929. The number of carboxylic acid groups (broad SMARTS) is 1. The van der Waals surface area contributed by atoms with Gasteiger partial charge in [0.2, 0.25) is 0 Å². The molecule has 0 bridgehead atoms. The molecule has 0 rings (SSSR count). The molecule has 2 atom stereocenters. The van der Waals surface area contributed by atoms with E-state index in [9.17, 15) is 9.90 Å². The van der Waals surface area contributed by atoms with Crippen LogP contribution in [0.3, 0.4) is 0 Å². The lowest BCUT2D eigenvalue weighted by molar-refractivity contribution is -0.145. The van der Waals surface area contributed by atoms with Crippen molar-refractivity contribution in [3.63, 3.8) is 0 Å². The molecule has 0 heterocycles. The third kappa shape index (κ3) is 5.53. The summed E-state index contributed by atoms with van der Waals surface area (Å²) in [4.78, 5) is 11.4. The lowest BCUT2D eigenvalue weighted by Crippen LogP contribution is -2.55. The first-order valence-corrected chi connectivity index (χ1v) is 6.74. The van der Waals surface area contributed by atoms with Crippen LogP contribution >= 0.6 is 0 Å². The summed E-state index contributed by atoms with van der Waals surface area (Å²) < 4.78 is 0. The molecular weight excluding hydrogens is 214 g/mol. The SMILES string of the molecule is CCC(NC(C)(CCC(C)C)C(=O)O)C(C)C. The van der Waals surface area contributed by atoms with Crippen LogP contribution in [0.1, 0.15) is 60.8 Å². The molecule has 3 nitrogen and oxygen atoms in total. The van der Waals surface area contributed by atoms with Crippen molar-refractivity contribution in [3.05, 3.63) is 0 Å². The molecule has 0 amide bonds. The molecule has 0 saturated heterocycles. The number of aliphatic carboxylic acids is 1. The second-order valence-electron chi connectivity index (χ2n) is 5.97. The van der Waals surface area contributed by atoms with E-state index in [1.165, 1.54) is 0 Å². The standard InChI is InChI=1S/C14H29NO2/c1-7-12(11(4)5)15-14(6,13(16)17)9-8-10(2)3/h10-12,15H,7-9H2,1-6H3,(H,16,17). The number of rotatable bonds is 8. The van der Waals surface area contributed by atoms with Crippen molar-refractivity contribution in [1.29, 1.82) is 0 Å². The maximum atomic E-state index is 11.4. The fourth-order valence-corrected chi connectivity index (χ4v) is 1.97. The molecule has 102 valence electrons. The van der Waals surface area contributed by atoms with Crippen LogP contribution in [-0.4, -0.2) is 22.7 Å². The van der Waals surface area contributed by atoms with Gasteiger partial charge < -0.3 is 5.11 Å². The van der Waals surface area contributed by atoms with E-state index in [4.69, 9.17) is 0 Å². The Morgan fingerprint density at radius 2 is 1.82 bits per heavy atom. The van der Waals surface area contributed by atoms with Crippen LogP contribution < -0.4 is 5.32 Å². The van der Waals surface area contributed by atoms with Gasteiger partial charge in [0.1, 0.15) is 5.54 Å². The largest absolute Gasteiger partial charge is 0.480 e. The maximum absolute atomic E-state index is 11.4. The summed E-state index contributed by atoms with van der Waals surface area (Å²) in [5.41, 5.74) is -0.796. The number of carbonyl (C=O) groups is 1. The zero-order chi connectivity index (χ0) is 13.6. The minimum absolute atomic E-state index is 0.267. The first-order chi connectivity index (χ1) is 7.73. The number of carboxylic acids is 1. The summed E-state index contributed by atoms with van der Waals surface area (Å²) in [6, 6.07) is 0.267. The van der Waals surface area contributed by atoms with Gasteiger partial charge >= 0.3 is 5.97 Å². The highest BCUT2D eigenvalue weighted by Crippen LogP contribution is 2.20. The molecule has 0 aliphatic rings. The zero-order valence-corrected chi connectivity index (χ0v) is 12.2. The highest BCUT2D eigenvalue weighted by molar-refractivity contribution is 5.78. The monoisotopic (exact) mass is 243 g/mol. The van der Waals surface area contributed by atoms with Crippen LogP contribution in [0.15, 0.2) is 0 Å². The summed E-state index contributed by atoms with van der Waals surface area (Å²) in [5, 5.41) is 12.7. The summed E-state index contributed by atoms with van der Waals surface area (Å²) in [6.07, 6.45) is 2.58. The molecule has 0 radical (unpaired) electrons. The van der Waals surface area contributed by atoms with Crippen molar-refractivity contribution in [2.45, 2.75) is 72.4 Å². The quantitative estimate of drug-likeness (QED) is 0.687. The third-order valence-electron chi connectivity index (χ3n) is 3.44. The lowest BCUT2D eigenvalue weighted by atomic mass is 9.89. The van der Waals surface area contributed by atoms with E-state index in [-0.39, 0.29) is 6.04 Å². The van der Waals surface area contributed by atoms with Gasteiger partial charge in [0.05, 0.1) is 0 Å². The van der Waals surface area contributed by atoms with Gasteiger partial charge in [-0.2, -0.15) is 0 Å². The fourth-order valence-electron chi connectivity index (χ4n) is 1.97. The number of nitrogens with one attached hydrogen (secondary N) is 1. The Morgan fingerprint density at radius 3 is 2.12 bits per heavy atom. The van der Waals surface area contributed by atoms with E-state index in [1.54, 1.807) is 0 Å². The first-order valence-electron chi connectivity index (χ1n) is 6.74. The number of hydrogen-bond donors (Lipinski definition) is 2. The molecule has 17 heavy (non-hydrogen) atoms. The third-order valence-corrected chi connectivity index (χ3v) is 3.44. The average molecular weight is 243 g/mol. The Kier molecular flexibility index (Phi) is 6.76. The van der Waals surface area contributed by atoms with Crippen molar-refractivity contribution < 1.29 is 9.90 Å². The first kappa shape index (κ1) is 16.4. The molecule has 3 heteroatoms. The highest BCUT2D eigenvalue weighted by Gasteiger charge is 2.35. The Morgan fingerprint density at radius 1 is 1.29 bits per heavy atom. The average Bonchev–Trinajstić information content (AvgIpc) is 2.22. The van der Waals surface area contributed by atoms with Gasteiger partial charge in [-0.1, -0.05) is 34.6 Å². The van der Waals surface area contributed by atoms with Crippen molar-refractivity contribution in [3.8, 4) is 0 Å². The van der Waals surface area contributed by atoms with Gasteiger partial charge in [-0.3, -0.25) is 10.1 Å². The second-order valence-corrected chi connectivity index (χ2v) is 5.97. The van der Waals surface area contributed by atoms with Gasteiger partial charge in [-0.15, -0.1) is 0 Å². The van der Waals surface area contributed by atoms with Crippen LogP contribution in [0, 0.1) is 11.8 Å². The molecular formula is C14H29NO2. The van der Waals surface area contributed by atoms with Crippen molar-refractivity contribution >= 4 is 5.97 Å². The topological polar surface area (TPSA) is 49.3 Å². The van der Waals surface area contributed by atoms with E-state index in [1.807, 2.05) is 6.92 Å². The normalized spacial score (nSPS) is 17.2. The molecule has 0 aromatic carbocycles. The highest BCUT2D eigenvalue weighted by atomic mass is 16.4. The summed E-state index contributed by atoms with van der Waals surface area (Å²) in [5.74, 6) is 0.254. The van der Waals surface area contributed by atoms with Crippen LogP contribution in [0.5, 0.6) is 0 Å². The summed E-state index contributed by atoms with van der Waals surface area (Å²) in [6.45, 7) is 12.4. The summed E-state index contributed by atoms with van der Waals surface area (Å²) in [7, 11) is 0. The Hall–Kier alpha value is -0.570. The molecule has 0 saturated carbocycles. The summed E-state index contributed by atoms with van der Waals surface area (Å²) >= 11 is 0. The van der Waals surface area contributed by atoms with Crippen LogP contribution in [0.4, 0.5) is 0 Å². The van der Waals surface area contributed by atoms with Gasteiger partial charge in [0.25, 0.3) is 0 Å². The number of hydrogen-bond acceptors (Lipinski definition) is 2. The van der Waals surface area contributed by atoms with Gasteiger partial charge in [-0.25, -0.2) is 0 Å². The van der Waals surface area contributed by atoms with Crippen molar-refractivity contribution in [1.82, 2.24) is 5.32 Å². The van der Waals surface area contributed by atoms with E-state index in [0.717, 1.165) is 12.8 Å². The zero-order valence-electron chi connectivity index (χ0n) is 12.2. The van der Waals surface area contributed by atoms with E-state index >= 15 is 0 Å². The van der Waals surface area contributed by atoms with E-state index in [2.05, 4.69) is 39.9 Å². The Labute approximate surface area is 106 Å². The molecule has 0 fully saturated rings. The van der Waals surface area contributed by atoms with Gasteiger partial charge in [0, 0.05) is 6.04 Å². The predicted molar refractivity (Wildman–Crippen MR) is 72.2 cm³/mol. The van der Waals surface area contributed by atoms with Crippen molar-refractivity contribution in [2.75, 3.05) is 0 Å². The lowest BCUT2D eigenvalue weighted by Gasteiger charge is -2.33. The molecule has 0 aromatic rings. The van der Waals surface area contributed by atoms with Gasteiger partial charge in [-0.05, 0) is 38.0 Å². The Bertz CT molecular complexity index is 238. The predicted octanol–water partition coefficient (Wildman–Crippen LogP) is 3.29. The molecule has 0 aromatic heterocycles. The van der Waals surface area contributed by atoms with Gasteiger partial charge in [0.15, 0.2) is 0 Å². The second kappa shape index (κ2) is 7.00. The van der Waals surface area contributed by atoms with E-state index in [0.29, 0.717) is 18.3 Å². The molecule has 2 unspecified atom stereocenters. The minimum atomic E-state index is -0.796. The smallest absolute Gasteiger partial charge is 0.323 e. The van der Waals surface area contributed by atoms with Crippen LogP contribution in [0.2, 0.25) is 0 Å². The Balaban J connectivity index is 4.65.